The van der Waals surface area contributed by atoms with Gasteiger partial charge >= 0.3 is 0 Å². The maximum atomic E-state index is 11.6. The largest absolute Gasteiger partial charge is 0.299 e. The number of fused-ring (bicyclic) bond motifs is 2. The van der Waals surface area contributed by atoms with Crippen molar-refractivity contribution in [2.75, 3.05) is 0 Å². The summed E-state index contributed by atoms with van der Waals surface area (Å²) >= 11 is 4.24. The van der Waals surface area contributed by atoms with Crippen LogP contribution in [0.2, 0.25) is 0 Å². The van der Waals surface area contributed by atoms with Gasteiger partial charge in [0.1, 0.15) is 5.78 Å². The average Bonchev–Trinajstić information content (AvgIpc) is 2.41. The summed E-state index contributed by atoms with van der Waals surface area (Å²) in [4.78, 5) is 11.6. The van der Waals surface area contributed by atoms with E-state index in [1.54, 1.807) is 0 Å². The van der Waals surface area contributed by atoms with Gasteiger partial charge in [-0.1, -0.05) is 20.8 Å². The fourth-order valence-electron chi connectivity index (χ4n) is 2.90. The molecule has 3 heteroatoms. The third kappa shape index (κ3) is 1.58. The first-order chi connectivity index (χ1) is 5.98. The molecule has 13 heavy (non-hydrogen) atoms. The molecule has 2 bridgehead atoms. The van der Waals surface area contributed by atoms with E-state index in [9.17, 15) is 4.79 Å². The number of carbonyl (C=O) groups excluding carboxylic acids is 1. The maximum Gasteiger partial charge on any atom is 0.139 e. The molecule has 0 spiro atoms. The highest BCUT2D eigenvalue weighted by molar-refractivity contribution is 15.0. The minimum atomic E-state index is 0.0255. The van der Waals surface area contributed by atoms with Crippen LogP contribution in [0, 0.1) is 16.7 Å². The first-order valence-electron chi connectivity index (χ1n) is 4.66. The van der Waals surface area contributed by atoms with Crippen LogP contribution < -0.4 is 0 Å². The van der Waals surface area contributed by atoms with Gasteiger partial charge in [-0.25, -0.2) is 0 Å². The van der Waals surface area contributed by atoms with Crippen molar-refractivity contribution in [3.8, 4) is 0 Å². The van der Waals surface area contributed by atoms with Crippen molar-refractivity contribution in [3.05, 3.63) is 0 Å². The van der Waals surface area contributed by atoms with Crippen LogP contribution in [0.4, 0.5) is 0 Å². The normalized spacial score (nSPS) is 40.1. The predicted octanol–water partition coefficient (Wildman–Crippen LogP) is 4.17. The van der Waals surface area contributed by atoms with Gasteiger partial charge in [0.15, 0.2) is 0 Å². The van der Waals surface area contributed by atoms with E-state index in [0.29, 0.717) is 11.7 Å². The molecule has 0 aliphatic heterocycles. The van der Waals surface area contributed by atoms with E-state index in [-0.39, 0.29) is 10.8 Å². The van der Waals surface area contributed by atoms with Crippen molar-refractivity contribution in [1.82, 2.24) is 0 Å². The van der Waals surface area contributed by atoms with E-state index in [2.05, 4.69) is 58.0 Å². The number of ketones is 1. The first kappa shape index (κ1) is 12.2. The van der Waals surface area contributed by atoms with Crippen LogP contribution in [0.15, 0.2) is 0 Å². The third-order valence-corrected chi connectivity index (χ3v) is 4.48. The molecule has 76 valence electrons. The molecule has 2 atom stereocenters. The zero-order valence-electron chi connectivity index (χ0n) is 8.36. The second kappa shape index (κ2) is 3.94. The molecule has 0 radical (unpaired) electrons. The van der Waals surface area contributed by atoms with Gasteiger partial charge in [0.2, 0.25) is 0 Å². The Labute approximate surface area is 104 Å². The molecule has 0 heterocycles. The molecule has 2 rings (SSSR count). The van der Waals surface area contributed by atoms with Crippen molar-refractivity contribution < 1.29 is 4.79 Å². The number of hydrogen-bond acceptors (Lipinski definition) is 1. The number of hydrogen-bond donors (Lipinski definition) is 0. The lowest BCUT2D eigenvalue weighted by molar-refractivity contribution is -0.128. The molecule has 0 aromatic carbocycles. The third-order valence-electron chi connectivity index (χ3n) is 4.48. The molecule has 0 saturated heterocycles. The molecule has 2 aliphatic rings. The summed E-state index contributed by atoms with van der Waals surface area (Å²) in [6.07, 6.45) is 3.25. The monoisotopic (exact) mass is 406 g/mol. The Morgan fingerprint density at radius 1 is 1.31 bits per heavy atom. The lowest BCUT2D eigenvalue weighted by Gasteiger charge is -2.32. The van der Waals surface area contributed by atoms with Crippen LogP contribution in [-0.2, 0) is 4.79 Å². The van der Waals surface area contributed by atoms with Crippen molar-refractivity contribution in [1.29, 1.82) is 0 Å². The molecule has 1 nitrogen and oxygen atoms in total. The van der Waals surface area contributed by atoms with Gasteiger partial charge in [-0.3, -0.25) is 4.79 Å². The number of halogens is 2. The summed E-state index contributed by atoms with van der Waals surface area (Å²) in [7, 11) is 0. The summed E-state index contributed by atoms with van der Waals surface area (Å²) in [5.41, 5.74) is 0.307. The second-order valence-corrected chi connectivity index (χ2v) is 4.92. The van der Waals surface area contributed by atoms with Gasteiger partial charge in [0.05, 0.1) is 0 Å². The van der Waals surface area contributed by atoms with E-state index in [1.165, 1.54) is 6.42 Å². The summed E-state index contributed by atoms with van der Waals surface area (Å²) < 4.78 is 0. The Kier molecular flexibility index (Phi) is 3.70. The van der Waals surface area contributed by atoms with Gasteiger partial charge in [-0.2, -0.15) is 0 Å². The molecule has 0 aromatic rings. The quantitative estimate of drug-likeness (QED) is 0.552. The SMILES string of the molecule is CC12CCC(CC1=O)C2(C)C.II. The molecule has 2 fully saturated rings. The lowest BCUT2D eigenvalue weighted by Crippen LogP contribution is -2.32. The molecule has 2 saturated carbocycles. The molecule has 0 N–H and O–H groups in total. The van der Waals surface area contributed by atoms with Crippen LogP contribution in [0.5, 0.6) is 0 Å². The molecular weight excluding hydrogens is 390 g/mol. The zero-order valence-corrected chi connectivity index (χ0v) is 12.7. The smallest absolute Gasteiger partial charge is 0.139 e. The second-order valence-electron chi connectivity index (χ2n) is 4.92. The van der Waals surface area contributed by atoms with Crippen LogP contribution in [-0.4, -0.2) is 5.78 Å². The van der Waals surface area contributed by atoms with Crippen LogP contribution >= 0.6 is 37.2 Å². The van der Waals surface area contributed by atoms with Crippen molar-refractivity contribution in [2.45, 2.75) is 40.0 Å². The maximum absolute atomic E-state index is 11.6. The molecule has 0 amide bonds. The van der Waals surface area contributed by atoms with Crippen LogP contribution in [0.25, 0.3) is 0 Å². The highest BCUT2D eigenvalue weighted by Gasteiger charge is 2.61. The van der Waals surface area contributed by atoms with E-state index < -0.39 is 0 Å². The van der Waals surface area contributed by atoms with Crippen LogP contribution in [0.3, 0.4) is 0 Å². The number of carbonyl (C=O) groups is 1. The molecule has 2 aliphatic carbocycles. The van der Waals surface area contributed by atoms with Gasteiger partial charge in [0.25, 0.3) is 0 Å². The number of Topliss-reactive ketones (excluding diaryl/α,β-unsaturated/α-hetero) is 1. The van der Waals surface area contributed by atoms with Crippen LogP contribution in [0.1, 0.15) is 40.0 Å². The van der Waals surface area contributed by atoms with Gasteiger partial charge < -0.3 is 0 Å². The fraction of sp³-hybridized carbons (Fsp3) is 0.900. The minimum Gasteiger partial charge on any atom is -0.299 e. The Hall–Kier alpha value is 1.13. The highest BCUT2D eigenvalue weighted by atomic mass is 128. The molecule has 2 unspecified atom stereocenters. The Morgan fingerprint density at radius 3 is 2.00 bits per heavy atom. The molecule has 0 aromatic heterocycles. The fourth-order valence-corrected chi connectivity index (χ4v) is 2.90. The molecular formula is C10H16I2O. The zero-order chi connectivity index (χ0) is 10.3. The Morgan fingerprint density at radius 2 is 1.85 bits per heavy atom. The minimum absolute atomic E-state index is 0.0255. The van der Waals surface area contributed by atoms with Crippen molar-refractivity contribution in [2.24, 2.45) is 16.7 Å². The van der Waals surface area contributed by atoms with Crippen molar-refractivity contribution in [3.63, 3.8) is 0 Å². The summed E-state index contributed by atoms with van der Waals surface area (Å²) in [5.74, 6) is 1.19. The first-order valence-corrected chi connectivity index (χ1v) is 10.9. The Balaban J connectivity index is 0.000000396. The average molecular weight is 406 g/mol. The van der Waals surface area contributed by atoms with Gasteiger partial charge in [-0.05, 0) is 24.2 Å². The summed E-state index contributed by atoms with van der Waals surface area (Å²) in [5, 5.41) is 0. The number of rotatable bonds is 0. The van der Waals surface area contributed by atoms with E-state index in [4.69, 9.17) is 0 Å². The van der Waals surface area contributed by atoms with Crippen molar-refractivity contribution >= 4 is 43.0 Å². The van der Waals surface area contributed by atoms with E-state index in [1.807, 2.05) is 0 Å². The lowest BCUT2D eigenvalue weighted by atomic mass is 9.70. The van der Waals surface area contributed by atoms with E-state index in [0.717, 1.165) is 12.8 Å². The summed E-state index contributed by atoms with van der Waals surface area (Å²) in [6.45, 7) is 6.67. The van der Waals surface area contributed by atoms with Gasteiger partial charge in [-0.15, -0.1) is 0 Å². The predicted molar refractivity (Wildman–Crippen MR) is 72.3 cm³/mol. The van der Waals surface area contributed by atoms with E-state index >= 15 is 0 Å². The standard InChI is InChI=1S/C10H16O.I2/c1-9(2)7-4-5-10(9,3)8(11)6-7;1-2/h7H,4-6H2,1-3H3;. The highest BCUT2D eigenvalue weighted by Crippen LogP contribution is 2.63. The Bertz CT molecular complexity index is 225. The topological polar surface area (TPSA) is 17.1 Å². The van der Waals surface area contributed by atoms with Gasteiger partial charge in [0, 0.05) is 49.1 Å². The summed E-state index contributed by atoms with van der Waals surface area (Å²) in [6, 6.07) is 0.